The molecule has 2 rings (SSSR count). The van der Waals surface area contributed by atoms with Gasteiger partial charge >= 0.3 is 0 Å². The Morgan fingerprint density at radius 3 is 1.90 bits per heavy atom. The molecule has 0 bridgehead atoms. The van der Waals surface area contributed by atoms with Crippen molar-refractivity contribution in [1.82, 2.24) is 9.97 Å². The Morgan fingerprint density at radius 2 is 1.43 bits per heavy atom. The number of aryl methyl sites for hydroxylation is 3. The first-order chi connectivity index (χ1) is 9.61. The van der Waals surface area contributed by atoms with E-state index in [4.69, 9.17) is 16.6 Å². The van der Waals surface area contributed by atoms with Gasteiger partial charge in [-0.2, -0.15) is 0 Å². The highest BCUT2D eigenvalue weighted by Gasteiger charge is 2.22. The van der Waals surface area contributed by atoms with Gasteiger partial charge in [0.1, 0.15) is 11.0 Å². The number of halogens is 1. The van der Waals surface area contributed by atoms with Crippen LogP contribution >= 0.6 is 11.6 Å². The zero-order valence-electron chi connectivity index (χ0n) is 13.9. The molecule has 112 valence electrons. The summed E-state index contributed by atoms with van der Waals surface area (Å²) >= 11 is 6.36. The molecule has 0 aliphatic heterocycles. The first-order valence-electron chi connectivity index (χ1n) is 7.24. The minimum absolute atomic E-state index is 0.126. The van der Waals surface area contributed by atoms with Crippen molar-refractivity contribution in [2.45, 2.75) is 53.9 Å². The van der Waals surface area contributed by atoms with Crippen LogP contribution in [0.4, 0.5) is 0 Å². The largest absolute Gasteiger partial charge is 0.232 e. The van der Waals surface area contributed by atoms with Crippen molar-refractivity contribution in [3.63, 3.8) is 0 Å². The second-order valence-electron chi connectivity index (χ2n) is 6.84. The van der Waals surface area contributed by atoms with Crippen LogP contribution < -0.4 is 0 Å². The lowest BCUT2D eigenvalue weighted by Crippen LogP contribution is -2.17. The Morgan fingerprint density at radius 1 is 0.905 bits per heavy atom. The molecular weight excluding hydrogens is 280 g/mol. The third-order valence-corrected chi connectivity index (χ3v) is 4.04. The Balaban J connectivity index is 2.78. The summed E-state index contributed by atoms with van der Waals surface area (Å²) in [5.74, 6) is 0.785. The molecule has 0 aliphatic carbocycles. The summed E-state index contributed by atoms with van der Waals surface area (Å²) in [7, 11) is 0. The van der Waals surface area contributed by atoms with Gasteiger partial charge in [-0.15, -0.1) is 0 Å². The minimum Gasteiger partial charge on any atom is -0.232 e. The summed E-state index contributed by atoms with van der Waals surface area (Å²) in [6.07, 6.45) is 0. The van der Waals surface area contributed by atoms with E-state index in [-0.39, 0.29) is 5.41 Å². The van der Waals surface area contributed by atoms with Crippen LogP contribution in [0.3, 0.4) is 0 Å². The predicted molar refractivity (Wildman–Crippen MR) is 90.1 cm³/mol. The van der Waals surface area contributed by atoms with Crippen molar-refractivity contribution in [3.8, 4) is 11.3 Å². The van der Waals surface area contributed by atoms with Gasteiger partial charge in [-0.05, 0) is 38.8 Å². The maximum atomic E-state index is 6.36. The number of aromatic nitrogens is 2. The van der Waals surface area contributed by atoms with Crippen LogP contribution in [0.15, 0.2) is 12.1 Å². The number of rotatable bonds is 1. The molecule has 0 fully saturated rings. The molecule has 3 heteroatoms. The number of hydrogen-bond acceptors (Lipinski definition) is 2. The average Bonchev–Trinajstić information content (AvgIpc) is 2.31. The van der Waals surface area contributed by atoms with Gasteiger partial charge in [-0.25, -0.2) is 9.97 Å². The zero-order valence-corrected chi connectivity index (χ0v) is 14.7. The highest BCUT2D eigenvalue weighted by Crippen LogP contribution is 2.33. The fourth-order valence-corrected chi connectivity index (χ4v) is 2.79. The molecule has 2 aromatic rings. The maximum Gasteiger partial charge on any atom is 0.136 e. The van der Waals surface area contributed by atoms with Crippen LogP contribution in [0.1, 0.15) is 48.8 Å². The Kier molecular flexibility index (Phi) is 4.12. The Bertz CT molecular complexity index is 674. The molecule has 0 unspecified atom stereocenters. The van der Waals surface area contributed by atoms with Crippen molar-refractivity contribution in [2.24, 2.45) is 0 Å². The first-order valence-corrected chi connectivity index (χ1v) is 7.62. The molecule has 1 aromatic carbocycles. The van der Waals surface area contributed by atoms with E-state index in [1.807, 2.05) is 6.92 Å². The van der Waals surface area contributed by atoms with Gasteiger partial charge in [0.25, 0.3) is 0 Å². The third kappa shape index (κ3) is 3.11. The van der Waals surface area contributed by atoms with Crippen LogP contribution in [0.25, 0.3) is 11.3 Å². The van der Waals surface area contributed by atoms with E-state index in [9.17, 15) is 0 Å². The zero-order chi connectivity index (χ0) is 15.9. The third-order valence-electron chi connectivity index (χ3n) is 3.67. The highest BCUT2D eigenvalue weighted by molar-refractivity contribution is 6.30. The van der Waals surface area contributed by atoms with Crippen molar-refractivity contribution >= 4 is 11.6 Å². The monoisotopic (exact) mass is 302 g/mol. The van der Waals surface area contributed by atoms with E-state index in [1.165, 1.54) is 22.3 Å². The standard InChI is InChI=1S/C18H23ClN2/c1-10-8-11(2)14(12(3)9-10)15-13(4)16(19)21-17(20-15)18(5,6)7/h8-9H,1-7H3. The highest BCUT2D eigenvalue weighted by atomic mass is 35.5. The van der Waals surface area contributed by atoms with Gasteiger partial charge in [0.05, 0.1) is 5.69 Å². The van der Waals surface area contributed by atoms with Crippen molar-refractivity contribution < 1.29 is 0 Å². The summed E-state index contributed by atoms with van der Waals surface area (Å²) in [4.78, 5) is 9.29. The molecule has 0 saturated heterocycles. The first kappa shape index (κ1) is 16.0. The van der Waals surface area contributed by atoms with E-state index in [0.29, 0.717) is 5.15 Å². The van der Waals surface area contributed by atoms with E-state index >= 15 is 0 Å². The molecular formula is C18H23ClN2. The van der Waals surface area contributed by atoms with E-state index in [2.05, 4.69) is 58.7 Å². The predicted octanol–water partition coefficient (Wildman–Crippen LogP) is 5.33. The molecule has 0 radical (unpaired) electrons. The second-order valence-corrected chi connectivity index (χ2v) is 7.19. The molecule has 1 aromatic heterocycles. The van der Waals surface area contributed by atoms with Gasteiger partial charge in [-0.1, -0.05) is 50.1 Å². The van der Waals surface area contributed by atoms with E-state index in [1.54, 1.807) is 0 Å². The van der Waals surface area contributed by atoms with Gasteiger partial charge in [0.2, 0.25) is 0 Å². The lowest BCUT2D eigenvalue weighted by atomic mass is 9.93. The van der Waals surface area contributed by atoms with E-state index in [0.717, 1.165) is 17.1 Å². The van der Waals surface area contributed by atoms with Crippen molar-refractivity contribution in [3.05, 3.63) is 45.4 Å². The summed E-state index contributed by atoms with van der Waals surface area (Å²) < 4.78 is 0. The summed E-state index contributed by atoms with van der Waals surface area (Å²) in [5.41, 5.74) is 6.67. The normalized spacial score (nSPS) is 11.8. The number of benzene rings is 1. The lowest BCUT2D eigenvalue weighted by Gasteiger charge is -2.20. The summed E-state index contributed by atoms with van der Waals surface area (Å²) in [6, 6.07) is 4.38. The van der Waals surface area contributed by atoms with Crippen LogP contribution in [-0.2, 0) is 5.41 Å². The quantitative estimate of drug-likeness (QED) is 0.666. The SMILES string of the molecule is Cc1cc(C)c(-c2nc(C(C)(C)C)nc(Cl)c2C)c(C)c1. The van der Waals surface area contributed by atoms with Crippen molar-refractivity contribution in [2.75, 3.05) is 0 Å². The molecule has 0 saturated carbocycles. The Hall–Kier alpha value is -1.41. The molecule has 0 atom stereocenters. The summed E-state index contributed by atoms with van der Waals surface area (Å²) in [6.45, 7) is 14.7. The smallest absolute Gasteiger partial charge is 0.136 e. The van der Waals surface area contributed by atoms with Gasteiger partial charge < -0.3 is 0 Å². The lowest BCUT2D eigenvalue weighted by molar-refractivity contribution is 0.545. The molecule has 0 N–H and O–H groups in total. The molecule has 0 amide bonds. The molecule has 21 heavy (non-hydrogen) atoms. The van der Waals surface area contributed by atoms with Crippen LogP contribution in [0, 0.1) is 27.7 Å². The molecule has 2 nitrogen and oxygen atoms in total. The topological polar surface area (TPSA) is 25.8 Å². The number of hydrogen-bond donors (Lipinski definition) is 0. The Labute approximate surface area is 132 Å². The minimum atomic E-state index is -0.126. The van der Waals surface area contributed by atoms with E-state index < -0.39 is 0 Å². The van der Waals surface area contributed by atoms with Crippen LogP contribution in [0.5, 0.6) is 0 Å². The molecule has 0 aliphatic rings. The fourth-order valence-electron chi connectivity index (χ4n) is 2.62. The fraction of sp³-hybridized carbons (Fsp3) is 0.444. The van der Waals surface area contributed by atoms with Gasteiger partial charge in [0, 0.05) is 16.5 Å². The number of nitrogens with zero attached hydrogens (tertiary/aromatic N) is 2. The van der Waals surface area contributed by atoms with Crippen LogP contribution in [-0.4, -0.2) is 9.97 Å². The summed E-state index contributed by atoms with van der Waals surface area (Å²) in [5, 5.41) is 0.546. The second kappa shape index (κ2) is 5.42. The molecule has 0 spiro atoms. The van der Waals surface area contributed by atoms with Crippen molar-refractivity contribution in [1.29, 1.82) is 0 Å². The van der Waals surface area contributed by atoms with Crippen LogP contribution in [0.2, 0.25) is 5.15 Å². The van der Waals surface area contributed by atoms with Gasteiger partial charge in [0.15, 0.2) is 0 Å². The average molecular weight is 303 g/mol. The maximum absolute atomic E-state index is 6.36. The molecule has 1 heterocycles. The van der Waals surface area contributed by atoms with Gasteiger partial charge in [-0.3, -0.25) is 0 Å².